The normalized spacial score (nSPS) is 16.2. The van der Waals surface area contributed by atoms with Crippen LogP contribution >= 0.6 is 0 Å². The van der Waals surface area contributed by atoms with Crippen molar-refractivity contribution >= 4 is 23.6 Å². The van der Waals surface area contributed by atoms with Crippen molar-refractivity contribution in [2.24, 2.45) is 0 Å². The number of nitro benzene ring substituents is 1. The number of nitrogens with zero attached hydrogens (tertiary/aromatic N) is 5. The fourth-order valence-corrected chi connectivity index (χ4v) is 4.46. The molecule has 2 heterocycles. The largest absolute Gasteiger partial charge is 3.00 e. The summed E-state index contributed by atoms with van der Waals surface area (Å²) in [6.07, 6.45) is 0.611. The van der Waals surface area contributed by atoms with Gasteiger partial charge in [-0.2, -0.15) is 0 Å². The summed E-state index contributed by atoms with van der Waals surface area (Å²) in [6.45, 7) is 1.06. The van der Waals surface area contributed by atoms with Gasteiger partial charge in [0.1, 0.15) is 6.04 Å². The molecule has 1 unspecified atom stereocenters. The second-order valence-corrected chi connectivity index (χ2v) is 9.18. The van der Waals surface area contributed by atoms with E-state index in [-0.39, 0.29) is 97.9 Å². The van der Waals surface area contributed by atoms with Crippen LogP contribution in [-0.4, -0.2) is 103 Å². The molecule has 2 bridgehead atoms. The van der Waals surface area contributed by atoms with Crippen molar-refractivity contribution in [2.45, 2.75) is 32.0 Å². The number of rotatable bonds is 10. The van der Waals surface area contributed by atoms with Gasteiger partial charge in [0.05, 0.1) is 29.4 Å². The Morgan fingerprint density at radius 1 is 0.872 bits per heavy atom. The maximum Gasteiger partial charge on any atom is 3.00 e. The first kappa shape index (κ1) is 32.6. The zero-order valence-corrected chi connectivity index (χ0v) is 23.4. The molecule has 1 aliphatic heterocycles. The monoisotopic (exact) mass is 687 g/mol. The second-order valence-electron chi connectivity index (χ2n) is 9.18. The van der Waals surface area contributed by atoms with Crippen molar-refractivity contribution in [1.29, 1.82) is 0 Å². The number of hydrogen-bond donors (Lipinski definition) is 3. The first-order chi connectivity index (χ1) is 18.1. The first-order valence-electron chi connectivity index (χ1n) is 12.1. The molecule has 0 saturated heterocycles. The Morgan fingerprint density at radius 2 is 1.44 bits per heavy atom. The van der Waals surface area contributed by atoms with E-state index in [0.717, 1.165) is 5.56 Å². The number of aliphatic carboxylic acids is 3. The Morgan fingerprint density at radius 3 is 2.03 bits per heavy atom. The van der Waals surface area contributed by atoms with Gasteiger partial charge in [-0.3, -0.25) is 44.2 Å². The number of aryl methyl sites for hydroxylation is 1. The van der Waals surface area contributed by atoms with E-state index in [1.54, 1.807) is 45.0 Å². The molecule has 0 saturated carbocycles. The van der Waals surface area contributed by atoms with E-state index < -0.39 is 28.9 Å². The van der Waals surface area contributed by atoms with E-state index in [9.17, 15) is 39.8 Å². The van der Waals surface area contributed by atoms with Crippen molar-refractivity contribution in [3.8, 4) is 0 Å². The number of fused-ring (bicyclic) bond motifs is 2. The van der Waals surface area contributed by atoms with Gasteiger partial charge in [-0.05, 0) is 30.5 Å². The molecule has 0 amide bonds. The SMILES string of the molecule is O=C(O)CN1CCN(CC(=O)O)Cc2cccc(n2)CN(C(CCc2ccc([N+](=O)[O-])cc2)C(=O)O)CC1.[Gd+3]. The van der Waals surface area contributed by atoms with Crippen LogP contribution < -0.4 is 0 Å². The van der Waals surface area contributed by atoms with Crippen molar-refractivity contribution in [3.63, 3.8) is 0 Å². The summed E-state index contributed by atoms with van der Waals surface area (Å²) in [4.78, 5) is 55.3. The van der Waals surface area contributed by atoms with E-state index in [4.69, 9.17) is 0 Å². The van der Waals surface area contributed by atoms with Gasteiger partial charge in [-0.15, -0.1) is 0 Å². The Labute approximate surface area is 257 Å². The van der Waals surface area contributed by atoms with Crippen LogP contribution in [-0.2, 0) is 33.9 Å². The van der Waals surface area contributed by atoms with Crippen molar-refractivity contribution in [1.82, 2.24) is 19.7 Å². The van der Waals surface area contributed by atoms with E-state index >= 15 is 0 Å². The van der Waals surface area contributed by atoms with E-state index in [0.29, 0.717) is 24.4 Å². The summed E-state index contributed by atoms with van der Waals surface area (Å²) in [7, 11) is 0. The smallest absolute Gasteiger partial charge is 0.480 e. The molecule has 14 heteroatoms. The van der Waals surface area contributed by atoms with Crippen molar-refractivity contribution in [2.75, 3.05) is 39.3 Å². The minimum absolute atomic E-state index is 0. The standard InChI is InChI=1S/C25H31N5O8.Gd/c31-23(32)16-27-10-11-28(17-24(33)34)14-19-2-1-3-20(26-19)15-29(13-12-27)22(25(35)36)9-6-18-4-7-21(8-5-18)30(37)38;/h1-5,7-8,22H,6,9-17H2,(H,31,32)(H,33,34)(H,35,36);/q;+3. The van der Waals surface area contributed by atoms with Crippen LogP contribution in [0.5, 0.6) is 0 Å². The fourth-order valence-electron chi connectivity index (χ4n) is 4.46. The predicted molar refractivity (Wildman–Crippen MR) is 134 cm³/mol. The molecule has 3 rings (SSSR count). The minimum Gasteiger partial charge on any atom is -0.480 e. The van der Waals surface area contributed by atoms with Gasteiger partial charge in [-0.1, -0.05) is 18.2 Å². The number of pyridine rings is 1. The third kappa shape index (κ3) is 10.8. The summed E-state index contributed by atoms with van der Waals surface area (Å²) in [5.74, 6) is -3.07. The van der Waals surface area contributed by atoms with Crippen LogP contribution in [0.25, 0.3) is 0 Å². The topological polar surface area (TPSA) is 178 Å². The summed E-state index contributed by atoms with van der Waals surface area (Å²) in [5, 5.41) is 39.7. The fraction of sp³-hybridized carbons (Fsp3) is 0.440. The Kier molecular flexibility index (Phi) is 13.2. The number of non-ortho nitro benzene ring substituents is 1. The molecule has 1 radical (unpaired) electrons. The average Bonchev–Trinajstić information content (AvgIpc) is 2.84. The molecule has 3 N–H and O–H groups in total. The van der Waals surface area contributed by atoms with Gasteiger partial charge in [0.15, 0.2) is 0 Å². The molecule has 1 atom stereocenters. The molecule has 2 aromatic rings. The zero-order chi connectivity index (χ0) is 27.7. The molecule has 1 aromatic heterocycles. The van der Waals surface area contributed by atoms with Crippen LogP contribution in [0, 0.1) is 50.1 Å². The second kappa shape index (κ2) is 15.8. The van der Waals surface area contributed by atoms with Crippen LogP contribution in [0.3, 0.4) is 0 Å². The first-order valence-corrected chi connectivity index (χ1v) is 12.1. The third-order valence-corrected chi connectivity index (χ3v) is 6.35. The zero-order valence-electron chi connectivity index (χ0n) is 21.2. The number of hydrogen-bond acceptors (Lipinski definition) is 9. The number of carbonyl (C=O) groups is 3. The third-order valence-electron chi connectivity index (χ3n) is 6.35. The minimum atomic E-state index is -1.03. The van der Waals surface area contributed by atoms with Crippen molar-refractivity contribution in [3.05, 3.63) is 69.5 Å². The summed E-state index contributed by atoms with van der Waals surface area (Å²) >= 11 is 0. The summed E-state index contributed by atoms with van der Waals surface area (Å²) in [5.41, 5.74) is 1.97. The van der Waals surface area contributed by atoms with Crippen LogP contribution in [0.2, 0.25) is 0 Å². The molecule has 13 nitrogen and oxygen atoms in total. The predicted octanol–water partition coefficient (Wildman–Crippen LogP) is 1.16. The number of aromatic nitrogens is 1. The van der Waals surface area contributed by atoms with E-state index in [2.05, 4.69) is 4.98 Å². The van der Waals surface area contributed by atoms with Gasteiger partial charge in [-0.25, -0.2) is 0 Å². The quantitative estimate of drug-likeness (QED) is 0.241. The molecule has 39 heavy (non-hydrogen) atoms. The summed E-state index contributed by atoms with van der Waals surface area (Å²) < 4.78 is 0. The maximum absolute atomic E-state index is 12.3. The van der Waals surface area contributed by atoms with Gasteiger partial charge < -0.3 is 15.3 Å². The molecule has 1 aliphatic rings. The Bertz CT molecular complexity index is 1150. The molecule has 209 valence electrons. The maximum atomic E-state index is 12.3. The summed E-state index contributed by atoms with van der Waals surface area (Å²) in [6, 6.07) is 10.4. The molecule has 0 aliphatic carbocycles. The Balaban J connectivity index is 0.00000533. The average molecular weight is 687 g/mol. The van der Waals surface area contributed by atoms with Gasteiger partial charge in [0.25, 0.3) is 5.69 Å². The van der Waals surface area contributed by atoms with Crippen LogP contribution in [0.4, 0.5) is 5.69 Å². The van der Waals surface area contributed by atoms with E-state index in [1.165, 1.54) is 12.1 Å². The molecule has 0 spiro atoms. The number of nitro groups is 1. The Hall–Kier alpha value is -2.62. The van der Waals surface area contributed by atoms with Crippen LogP contribution in [0.15, 0.2) is 42.5 Å². The molecule has 0 fully saturated rings. The van der Waals surface area contributed by atoms with Gasteiger partial charge in [0.2, 0.25) is 0 Å². The number of carboxylic acids is 3. The van der Waals surface area contributed by atoms with E-state index in [1.807, 2.05) is 0 Å². The number of carboxylic acid groups (broad SMARTS) is 3. The van der Waals surface area contributed by atoms with Gasteiger partial charge in [0, 0.05) is 51.4 Å². The number of benzene rings is 1. The molecular weight excluding hydrogens is 656 g/mol. The van der Waals surface area contributed by atoms with Crippen molar-refractivity contribution < 1.29 is 74.6 Å². The van der Waals surface area contributed by atoms with Gasteiger partial charge >= 0.3 is 57.8 Å². The van der Waals surface area contributed by atoms with Crippen LogP contribution in [0.1, 0.15) is 23.4 Å². The molecule has 1 aromatic carbocycles. The molecular formula is C25H31GdN5O8+3.